The molecule has 144 valence electrons. The Balaban J connectivity index is 1.83. The molecule has 26 heavy (non-hydrogen) atoms. The topological polar surface area (TPSA) is 89.5 Å². The Morgan fingerprint density at radius 1 is 1.31 bits per heavy atom. The van der Waals surface area contributed by atoms with Gasteiger partial charge in [0, 0.05) is 5.25 Å². The molecule has 2 atom stereocenters. The van der Waals surface area contributed by atoms with E-state index >= 15 is 0 Å². The molecule has 0 bridgehead atoms. The van der Waals surface area contributed by atoms with Crippen LogP contribution in [0.25, 0.3) is 0 Å². The van der Waals surface area contributed by atoms with Crippen LogP contribution < -0.4 is 5.32 Å². The van der Waals surface area contributed by atoms with Crippen molar-refractivity contribution in [1.82, 2.24) is 0 Å². The SMILES string of the molecule is C[C@H](OC(=O)CS[C@@H]1CCS(=O)(=O)C1)C(=O)Nc1ccc(F)c(F)c1F. The lowest BCUT2D eigenvalue weighted by Gasteiger charge is -2.14. The maximum atomic E-state index is 13.5. The third kappa shape index (κ3) is 5.37. The number of amides is 1. The zero-order valence-electron chi connectivity index (χ0n) is 13.6. The smallest absolute Gasteiger partial charge is 0.316 e. The van der Waals surface area contributed by atoms with Gasteiger partial charge in [-0.25, -0.2) is 21.6 Å². The van der Waals surface area contributed by atoms with E-state index in [0.29, 0.717) is 12.5 Å². The summed E-state index contributed by atoms with van der Waals surface area (Å²) in [6.07, 6.45) is -0.853. The highest BCUT2D eigenvalue weighted by atomic mass is 32.2. The van der Waals surface area contributed by atoms with Crippen LogP contribution >= 0.6 is 11.8 Å². The lowest BCUT2D eigenvalue weighted by atomic mass is 10.2. The van der Waals surface area contributed by atoms with Crippen LogP contribution in [0.4, 0.5) is 18.9 Å². The van der Waals surface area contributed by atoms with Crippen molar-refractivity contribution in [1.29, 1.82) is 0 Å². The van der Waals surface area contributed by atoms with Crippen LogP contribution in [0, 0.1) is 17.5 Å². The number of benzene rings is 1. The fraction of sp³-hybridized carbons (Fsp3) is 0.467. The molecule has 0 unspecified atom stereocenters. The first-order valence-corrected chi connectivity index (χ1v) is 10.4. The Morgan fingerprint density at radius 3 is 2.62 bits per heavy atom. The third-order valence-corrected chi connectivity index (χ3v) is 6.85. The van der Waals surface area contributed by atoms with Gasteiger partial charge < -0.3 is 10.1 Å². The van der Waals surface area contributed by atoms with E-state index in [1.165, 1.54) is 6.92 Å². The van der Waals surface area contributed by atoms with Gasteiger partial charge in [0.15, 0.2) is 33.4 Å². The van der Waals surface area contributed by atoms with Crippen LogP contribution in [-0.4, -0.2) is 48.9 Å². The fourth-order valence-electron chi connectivity index (χ4n) is 2.22. The standard InChI is InChI=1S/C15H16F3NO5S2/c1-8(15(21)19-11-3-2-10(16)13(17)14(11)18)24-12(20)6-25-9-4-5-26(22,23)7-9/h2-3,8-9H,4-7H2,1H3,(H,19,21)/t8-,9+/m0/s1. The average Bonchev–Trinajstić information content (AvgIpc) is 2.92. The van der Waals surface area contributed by atoms with Gasteiger partial charge in [0.1, 0.15) is 0 Å². The number of sulfone groups is 1. The molecule has 2 rings (SSSR count). The molecule has 1 aromatic carbocycles. The quantitative estimate of drug-likeness (QED) is 0.568. The first-order valence-electron chi connectivity index (χ1n) is 7.55. The second kappa shape index (κ2) is 8.30. The predicted molar refractivity (Wildman–Crippen MR) is 90.0 cm³/mol. The highest BCUT2D eigenvalue weighted by Crippen LogP contribution is 2.24. The summed E-state index contributed by atoms with van der Waals surface area (Å²) >= 11 is 1.12. The lowest BCUT2D eigenvalue weighted by Crippen LogP contribution is -2.31. The van der Waals surface area contributed by atoms with Crippen LogP contribution in [0.5, 0.6) is 0 Å². The molecule has 1 saturated heterocycles. The fourth-order valence-corrected chi connectivity index (χ4v) is 5.64. The van der Waals surface area contributed by atoms with Gasteiger partial charge in [0.2, 0.25) is 0 Å². The van der Waals surface area contributed by atoms with Crippen molar-refractivity contribution in [3.63, 3.8) is 0 Å². The number of nitrogens with one attached hydrogen (secondary N) is 1. The van der Waals surface area contributed by atoms with E-state index in [-0.39, 0.29) is 22.5 Å². The second-order valence-electron chi connectivity index (χ2n) is 5.68. The van der Waals surface area contributed by atoms with E-state index in [1.54, 1.807) is 0 Å². The summed E-state index contributed by atoms with van der Waals surface area (Å²) in [6, 6.07) is 1.49. The molecule has 0 aromatic heterocycles. The largest absolute Gasteiger partial charge is 0.452 e. The van der Waals surface area contributed by atoms with Crippen LogP contribution in [0.1, 0.15) is 13.3 Å². The van der Waals surface area contributed by atoms with Gasteiger partial charge in [-0.15, -0.1) is 11.8 Å². The van der Waals surface area contributed by atoms with E-state index in [4.69, 9.17) is 4.74 Å². The maximum absolute atomic E-state index is 13.5. The number of halogens is 3. The molecule has 0 saturated carbocycles. The van der Waals surface area contributed by atoms with Crippen molar-refractivity contribution in [2.45, 2.75) is 24.7 Å². The molecule has 6 nitrogen and oxygen atoms in total. The average molecular weight is 411 g/mol. The number of carbonyl (C=O) groups is 2. The van der Waals surface area contributed by atoms with Gasteiger partial charge >= 0.3 is 5.97 Å². The Bertz CT molecular complexity index is 816. The molecule has 1 amide bonds. The minimum Gasteiger partial charge on any atom is -0.452 e. The minimum atomic E-state index is -3.06. The van der Waals surface area contributed by atoms with Crippen LogP contribution in [0.3, 0.4) is 0 Å². The number of esters is 1. The Kier molecular flexibility index (Phi) is 6.56. The molecule has 1 fully saturated rings. The van der Waals surface area contributed by atoms with E-state index in [0.717, 1.165) is 17.8 Å². The Hall–Kier alpha value is -1.75. The summed E-state index contributed by atoms with van der Waals surface area (Å²) in [4.78, 5) is 23.6. The van der Waals surface area contributed by atoms with Crippen LogP contribution in [0.15, 0.2) is 12.1 Å². The number of hydrogen-bond donors (Lipinski definition) is 1. The second-order valence-corrected chi connectivity index (χ2v) is 9.20. The number of hydrogen-bond acceptors (Lipinski definition) is 6. The molecule has 1 aromatic rings. The van der Waals surface area contributed by atoms with Crippen molar-refractivity contribution >= 4 is 39.2 Å². The van der Waals surface area contributed by atoms with Gasteiger partial charge in [-0.3, -0.25) is 9.59 Å². The zero-order valence-corrected chi connectivity index (χ0v) is 15.3. The van der Waals surface area contributed by atoms with Gasteiger partial charge in [0.25, 0.3) is 5.91 Å². The molecule has 1 heterocycles. The predicted octanol–water partition coefficient (Wildman–Crippen LogP) is 1.89. The summed E-state index contributed by atoms with van der Waals surface area (Å²) in [5.41, 5.74) is -0.581. The van der Waals surface area contributed by atoms with Gasteiger partial charge in [-0.05, 0) is 25.5 Å². The first-order chi connectivity index (χ1) is 12.1. The molecule has 0 aliphatic carbocycles. The number of rotatable bonds is 6. The molecule has 1 aliphatic heterocycles. The van der Waals surface area contributed by atoms with Crippen LogP contribution in [0.2, 0.25) is 0 Å². The Morgan fingerprint density at radius 2 is 2.00 bits per heavy atom. The van der Waals surface area contributed by atoms with Crippen molar-refractivity contribution in [2.75, 3.05) is 22.6 Å². The summed E-state index contributed by atoms with van der Waals surface area (Å²) in [5.74, 6) is -6.41. The van der Waals surface area contributed by atoms with Gasteiger partial charge in [-0.1, -0.05) is 0 Å². The molecule has 0 radical (unpaired) electrons. The highest BCUT2D eigenvalue weighted by molar-refractivity contribution is 8.02. The Labute approximate surface area is 152 Å². The molecular formula is C15H16F3NO5S2. The molecular weight excluding hydrogens is 395 g/mol. The summed E-state index contributed by atoms with van der Waals surface area (Å²) in [5, 5.41) is 1.81. The highest BCUT2D eigenvalue weighted by Gasteiger charge is 2.29. The zero-order chi connectivity index (χ0) is 19.5. The first kappa shape index (κ1) is 20.6. The number of anilines is 1. The molecule has 11 heteroatoms. The lowest BCUT2D eigenvalue weighted by molar-refractivity contribution is -0.150. The van der Waals surface area contributed by atoms with Crippen molar-refractivity contribution < 1.29 is 35.9 Å². The number of carbonyl (C=O) groups excluding carboxylic acids is 2. The van der Waals surface area contributed by atoms with E-state index in [9.17, 15) is 31.2 Å². The van der Waals surface area contributed by atoms with Gasteiger partial charge in [0.05, 0.1) is 22.9 Å². The van der Waals surface area contributed by atoms with E-state index in [1.807, 2.05) is 5.32 Å². The maximum Gasteiger partial charge on any atom is 0.316 e. The summed E-state index contributed by atoms with van der Waals surface area (Å²) in [7, 11) is -3.06. The molecule has 1 N–H and O–H groups in total. The third-order valence-electron chi connectivity index (χ3n) is 3.60. The number of ether oxygens (including phenoxy) is 1. The van der Waals surface area contributed by atoms with Crippen molar-refractivity contribution in [3.05, 3.63) is 29.6 Å². The number of thioether (sulfide) groups is 1. The summed E-state index contributed by atoms with van der Waals surface area (Å²) < 4.78 is 67.0. The van der Waals surface area contributed by atoms with E-state index in [2.05, 4.69) is 0 Å². The molecule has 1 aliphatic rings. The minimum absolute atomic E-state index is 0.00358. The van der Waals surface area contributed by atoms with Crippen molar-refractivity contribution in [2.24, 2.45) is 0 Å². The molecule has 0 spiro atoms. The normalized spacial score (nSPS) is 19.8. The van der Waals surface area contributed by atoms with Crippen LogP contribution in [-0.2, 0) is 24.2 Å². The van der Waals surface area contributed by atoms with Crippen molar-refractivity contribution in [3.8, 4) is 0 Å². The summed E-state index contributed by atoms with van der Waals surface area (Å²) in [6.45, 7) is 1.23. The van der Waals surface area contributed by atoms with E-state index < -0.39 is 51.0 Å². The van der Waals surface area contributed by atoms with Gasteiger partial charge in [-0.2, -0.15) is 0 Å². The monoisotopic (exact) mass is 411 g/mol.